The molecule has 16 heavy (non-hydrogen) atoms. The van der Waals surface area contributed by atoms with Crippen LogP contribution in [0.2, 0.25) is 0 Å². The number of pyridine rings is 1. The Morgan fingerprint density at radius 1 is 1.06 bits per heavy atom. The van der Waals surface area contributed by atoms with Crippen LogP contribution in [0.1, 0.15) is 11.3 Å². The molecule has 3 heteroatoms. The van der Waals surface area contributed by atoms with Gasteiger partial charge in [-0.1, -0.05) is 47.2 Å². The van der Waals surface area contributed by atoms with Gasteiger partial charge in [0, 0.05) is 24.6 Å². The van der Waals surface area contributed by atoms with Gasteiger partial charge in [0.1, 0.15) is 0 Å². The zero-order valence-electron chi connectivity index (χ0n) is 9.05. The molecule has 0 amide bonds. The smallest absolute Gasteiger partial charge is 0.149 e. The predicted molar refractivity (Wildman–Crippen MR) is 68.9 cm³/mol. The molecule has 1 heterocycles. The maximum Gasteiger partial charge on any atom is 0.209 e. The van der Waals surface area contributed by atoms with Crippen molar-refractivity contribution < 1.29 is 4.68 Å². The lowest BCUT2D eigenvalue weighted by Gasteiger charge is -2.03. The predicted octanol–water partition coefficient (Wildman–Crippen LogP) is 2.20. The Morgan fingerprint density at radius 2 is 1.75 bits per heavy atom. The molecule has 0 aliphatic heterocycles. The van der Waals surface area contributed by atoms with Crippen molar-refractivity contribution in [3.05, 3.63) is 66.0 Å². The van der Waals surface area contributed by atoms with Crippen molar-refractivity contribution in [2.24, 2.45) is 0 Å². The standard InChI is InChI=1S/C13H12N2S/c1-11-7-5-6-10-15(11)14-13(16)12-8-3-2-4-9-12/h2-10H,1H3/p+1. The van der Waals surface area contributed by atoms with E-state index in [1.54, 1.807) is 0 Å². The fourth-order valence-electron chi connectivity index (χ4n) is 1.42. The van der Waals surface area contributed by atoms with E-state index < -0.39 is 0 Å². The van der Waals surface area contributed by atoms with E-state index >= 15 is 0 Å². The Hall–Kier alpha value is -1.74. The second-order valence-electron chi connectivity index (χ2n) is 3.52. The van der Waals surface area contributed by atoms with Crippen LogP contribution in [0.4, 0.5) is 0 Å². The summed E-state index contributed by atoms with van der Waals surface area (Å²) in [6.07, 6.45) is 1.95. The SMILES string of the molecule is Cc1cccc[n+]1NC(=S)c1ccccc1. The third kappa shape index (κ3) is 2.44. The lowest BCUT2D eigenvalue weighted by molar-refractivity contribution is -0.646. The van der Waals surface area contributed by atoms with Crippen molar-refractivity contribution in [1.29, 1.82) is 0 Å². The summed E-state index contributed by atoms with van der Waals surface area (Å²) in [6, 6.07) is 15.9. The van der Waals surface area contributed by atoms with Gasteiger partial charge >= 0.3 is 0 Å². The van der Waals surface area contributed by atoms with Crippen LogP contribution in [-0.4, -0.2) is 4.99 Å². The normalized spacial score (nSPS) is 9.81. The van der Waals surface area contributed by atoms with Crippen LogP contribution in [-0.2, 0) is 0 Å². The van der Waals surface area contributed by atoms with Crippen molar-refractivity contribution in [2.45, 2.75) is 6.92 Å². The van der Waals surface area contributed by atoms with Crippen molar-refractivity contribution in [3.8, 4) is 0 Å². The summed E-state index contributed by atoms with van der Waals surface area (Å²) < 4.78 is 1.91. The third-order valence-corrected chi connectivity index (χ3v) is 2.65. The zero-order chi connectivity index (χ0) is 11.4. The summed E-state index contributed by atoms with van der Waals surface area (Å²) in [7, 11) is 0. The summed E-state index contributed by atoms with van der Waals surface area (Å²) in [5, 5.41) is 0. The minimum Gasteiger partial charge on any atom is -0.149 e. The molecule has 0 saturated carbocycles. The highest BCUT2D eigenvalue weighted by molar-refractivity contribution is 7.81. The molecular formula is C13H13N2S+. The van der Waals surface area contributed by atoms with Gasteiger partial charge in [0.25, 0.3) is 0 Å². The quantitative estimate of drug-likeness (QED) is 0.627. The summed E-state index contributed by atoms with van der Waals surface area (Å²) in [5.41, 5.74) is 5.31. The second-order valence-corrected chi connectivity index (χ2v) is 3.93. The monoisotopic (exact) mass is 229 g/mol. The first-order valence-electron chi connectivity index (χ1n) is 5.11. The molecule has 0 fully saturated rings. The first kappa shape index (κ1) is 10.8. The van der Waals surface area contributed by atoms with Gasteiger partial charge in [0.05, 0.1) is 0 Å². The van der Waals surface area contributed by atoms with Gasteiger partial charge in [-0.2, -0.15) is 0 Å². The number of aromatic nitrogens is 1. The molecule has 0 aliphatic carbocycles. The zero-order valence-corrected chi connectivity index (χ0v) is 9.87. The Balaban J connectivity index is 2.18. The van der Waals surface area contributed by atoms with Gasteiger partial charge in [-0.3, -0.25) is 0 Å². The molecule has 0 saturated heterocycles. The number of hydrogen-bond donors (Lipinski definition) is 1. The third-order valence-electron chi connectivity index (χ3n) is 2.32. The van der Waals surface area contributed by atoms with Crippen LogP contribution >= 0.6 is 12.2 Å². The first-order chi connectivity index (χ1) is 7.77. The Kier molecular flexibility index (Phi) is 3.27. The lowest BCUT2D eigenvalue weighted by Crippen LogP contribution is -2.49. The minimum absolute atomic E-state index is 0.722. The molecule has 1 N–H and O–H groups in total. The van der Waals surface area contributed by atoms with Gasteiger partial charge < -0.3 is 0 Å². The van der Waals surface area contributed by atoms with Crippen LogP contribution in [0, 0.1) is 6.92 Å². The number of aryl methyl sites for hydroxylation is 1. The molecular weight excluding hydrogens is 216 g/mol. The summed E-state index contributed by atoms with van der Waals surface area (Å²) in [4.78, 5) is 0.722. The molecule has 80 valence electrons. The van der Waals surface area contributed by atoms with Gasteiger partial charge in [0.2, 0.25) is 5.69 Å². The van der Waals surface area contributed by atoms with Crippen molar-refractivity contribution >= 4 is 17.2 Å². The van der Waals surface area contributed by atoms with E-state index in [1.165, 1.54) is 0 Å². The molecule has 0 radical (unpaired) electrons. The number of benzene rings is 1. The number of thiocarbonyl (C=S) groups is 1. The fraction of sp³-hybridized carbons (Fsp3) is 0.0769. The molecule has 2 nitrogen and oxygen atoms in total. The fourth-order valence-corrected chi connectivity index (χ4v) is 1.65. The van der Waals surface area contributed by atoms with Crippen LogP contribution in [0.25, 0.3) is 0 Å². The topological polar surface area (TPSA) is 15.9 Å². The van der Waals surface area contributed by atoms with Crippen LogP contribution in [0.3, 0.4) is 0 Å². The van der Waals surface area contributed by atoms with Crippen molar-refractivity contribution in [3.63, 3.8) is 0 Å². The summed E-state index contributed by atoms with van der Waals surface area (Å²) in [6.45, 7) is 2.03. The maximum atomic E-state index is 5.33. The van der Waals surface area contributed by atoms with Crippen molar-refractivity contribution in [1.82, 2.24) is 0 Å². The largest absolute Gasteiger partial charge is 0.209 e. The van der Waals surface area contributed by atoms with Crippen LogP contribution < -0.4 is 10.1 Å². The molecule has 0 aliphatic rings. The Morgan fingerprint density at radius 3 is 2.44 bits per heavy atom. The van der Waals surface area contributed by atoms with E-state index in [2.05, 4.69) is 5.43 Å². The molecule has 0 spiro atoms. The molecule has 0 atom stereocenters. The molecule has 0 bridgehead atoms. The molecule has 2 aromatic rings. The molecule has 0 unspecified atom stereocenters. The maximum absolute atomic E-state index is 5.33. The van der Waals surface area contributed by atoms with E-state index in [4.69, 9.17) is 12.2 Å². The molecule has 1 aromatic heterocycles. The average Bonchev–Trinajstić information content (AvgIpc) is 2.33. The first-order valence-corrected chi connectivity index (χ1v) is 5.52. The second kappa shape index (κ2) is 4.86. The average molecular weight is 229 g/mol. The molecule has 1 aromatic carbocycles. The lowest BCUT2D eigenvalue weighted by atomic mass is 10.2. The number of nitrogens with zero attached hydrogens (tertiary/aromatic N) is 1. The highest BCUT2D eigenvalue weighted by atomic mass is 32.1. The highest BCUT2D eigenvalue weighted by Crippen LogP contribution is 1.99. The van der Waals surface area contributed by atoms with Gasteiger partial charge in [-0.15, -0.1) is 5.43 Å². The number of hydrogen-bond acceptors (Lipinski definition) is 1. The molecule has 2 rings (SSSR count). The Labute approximate surface area is 101 Å². The van der Waals surface area contributed by atoms with Crippen LogP contribution in [0.15, 0.2) is 54.7 Å². The van der Waals surface area contributed by atoms with E-state index in [1.807, 2.05) is 66.3 Å². The van der Waals surface area contributed by atoms with Crippen molar-refractivity contribution in [2.75, 3.05) is 5.43 Å². The van der Waals surface area contributed by atoms with Crippen LogP contribution in [0.5, 0.6) is 0 Å². The van der Waals surface area contributed by atoms with E-state index in [0.717, 1.165) is 16.2 Å². The minimum atomic E-state index is 0.722. The highest BCUT2D eigenvalue weighted by Gasteiger charge is 2.08. The van der Waals surface area contributed by atoms with E-state index in [9.17, 15) is 0 Å². The van der Waals surface area contributed by atoms with Gasteiger partial charge in [-0.05, 0) is 6.07 Å². The summed E-state index contributed by atoms with van der Waals surface area (Å²) in [5.74, 6) is 0. The van der Waals surface area contributed by atoms with E-state index in [0.29, 0.717) is 0 Å². The number of nitrogens with one attached hydrogen (secondary N) is 1. The number of rotatable bonds is 2. The summed E-state index contributed by atoms with van der Waals surface area (Å²) >= 11 is 5.33. The Bertz CT molecular complexity index is 494. The van der Waals surface area contributed by atoms with Gasteiger partial charge in [0.15, 0.2) is 11.2 Å². The van der Waals surface area contributed by atoms with Gasteiger partial charge in [-0.25, -0.2) is 0 Å². The van der Waals surface area contributed by atoms with E-state index in [-0.39, 0.29) is 0 Å².